The van der Waals surface area contributed by atoms with Crippen LogP contribution in [0.3, 0.4) is 0 Å². The molecule has 3 aromatic rings. The zero-order valence-electron chi connectivity index (χ0n) is 12.1. The largest absolute Gasteiger partial charge is 0.305 e. The summed E-state index contributed by atoms with van der Waals surface area (Å²) in [5.41, 5.74) is 1.46. The lowest BCUT2D eigenvalue weighted by Gasteiger charge is -2.05. The van der Waals surface area contributed by atoms with Crippen molar-refractivity contribution in [1.29, 1.82) is 0 Å². The minimum absolute atomic E-state index is 0.216. The molecule has 0 unspecified atom stereocenters. The summed E-state index contributed by atoms with van der Waals surface area (Å²) >= 11 is 13.4. The van der Waals surface area contributed by atoms with Gasteiger partial charge in [-0.25, -0.2) is 4.39 Å². The number of rotatable bonds is 4. The van der Waals surface area contributed by atoms with Gasteiger partial charge in [0.15, 0.2) is 11.0 Å². The first-order valence-electron chi connectivity index (χ1n) is 6.77. The molecule has 0 fully saturated rings. The highest BCUT2D eigenvalue weighted by Crippen LogP contribution is 2.30. The van der Waals surface area contributed by atoms with E-state index in [0.717, 1.165) is 5.56 Å². The molecule has 118 valence electrons. The highest BCUT2D eigenvalue weighted by atomic mass is 35.5. The second kappa shape index (κ2) is 6.91. The van der Waals surface area contributed by atoms with E-state index in [9.17, 15) is 4.39 Å². The Kier molecular flexibility index (Phi) is 4.90. The van der Waals surface area contributed by atoms with Crippen molar-refractivity contribution >= 4 is 35.0 Å². The second-order valence-corrected chi connectivity index (χ2v) is 6.63. The van der Waals surface area contributed by atoms with Crippen LogP contribution in [0.1, 0.15) is 5.56 Å². The minimum Gasteiger partial charge on any atom is -0.305 e. The summed E-state index contributed by atoms with van der Waals surface area (Å²) in [5.74, 6) is 0.950. The van der Waals surface area contributed by atoms with E-state index in [2.05, 4.69) is 10.2 Å². The zero-order chi connectivity index (χ0) is 16.4. The van der Waals surface area contributed by atoms with Crippen LogP contribution in [0.5, 0.6) is 0 Å². The lowest BCUT2D eigenvalue weighted by molar-refractivity contribution is 0.617. The maximum Gasteiger partial charge on any atom is 0.191 e. The minimum atomic E-state index is -0.216. The van der Waals surface area contributed by atoms with Gasteiger partial charge in [-0.15, -0.1) is 10.2 Å². The number of thioether (sulfide) groups is 1. The van der Waals surface area contributed by atoms with Gasteiger partial charge in [-0.05, 0) is 29.8 Å². The summed E-state index contributed by atoms with van der Waals surface area (Å²) in [6.45, 7) is 0. The summed E-state index contributed by atoms with van der Waals surface area (Å²) in [4.78, 5) is 0. The number of hydrogen-bond acceptors (Lipinski definition) is 3. The lowest BCUT2D eigenvalue weighted by Crippen LogP contribution is -1.95. The summed E-state index contributed by atoms with van der Waals surface area (Å²) in [5, 5.41) is 10.0. The molecule has 7 heteroatoms. The molecular formula is C16H12Cl2FN3S. The average Bonchev–Trinajstić information content (AvgIpc) is 2.90. The van der Waals surface area contributed by atoms with Gasteiger partial charge >= 0.3 is 0 Å². The molecule has 0 saturated carbocycles. The van der Waals surface area contributed by atoms with E-state index >= 15 is 0 Å². The van der Waals surface area contributed by atoms with E-state index in [-0.39, 0.29) is 5.82 Å². The van der Waals surface area contributed by atoms with E-state index in [4.69, 9.17) is 23.2 Å². The Morgan fingerprint density at radius 3 is 2.61 bits per heavy atom. The smallest absolute Gasteiger partial charge is 0.191 e. The van der Waals surface area contributed by atoms with Crippen molar-refractivity contribution in [2.45, 2.75) is 10.9 Å². The molecule has 0 aliphatic carbocycles. The van der Waals surface area contributed by atoms with Crippen molar-refractivity contribution in [2.24, 2.45) is 7.05 Å². The standard InChI is InChI=1S/C16H12Cl2FN3S/c1-22-15(10-6-7-12(17)13(18)8-10)20-21-16(22)23-9-11-4-2-3-5-14(11)19/h2-8H,9H2,1H3. The summed E-state index contributed by atoms with van der Waals surface area (Å²) in [6, 6.07) is 12.0. The van der Waals surface area contributed by atoms with Gasteiger partial charge in [0.25, 0.3) is 0 Å². The molecule has 0 aliphatic heterocycles. The fourth-order valence-electron chi connectivity index (χ4n) is 2.08. The van der Waals surface area contributed by atoms with Gasteiger partial charge in [0, 0.05) is 18.4 Å². The number of benzene rings is 2. The first-order valence-corrected chi connectivity index (χ1v) is 8.51. The Labute approximate surface area is 147 Å². The van der Waals surface area contributed by atoms with Crippen molar-refractivity contribution in [3.05, 3.63) is 63.9 Å². The van der Waals surface area contributed by atoms with E-state index in [1.807, 2.05) is 23.7 Å². The van der Waals surface area contributed by atoms with Crippen LogP contribution in [-0.2, 0) is 12.8 Å². The summed E-state index contributed by atoms with van der Waals surface area (Å²) in [6.07, 6.45) is 0. The third-order valence-electron chi connectivity index (χ3n) is 3.33. The number of aromatic nitrogens is 3. The molecule has 3 nitrogen and oxygen atoms in total. The number of halogens is 3. The molecule has 0 amide bonds. The molecule has 0 atom stereocenters. The average molecular weight is 368 g/mol. The topological polar surface area (TPSA) is 30.7 Å². The van der Waals surface area contributed by atoms with E-state index in [1.54, 1.807) is 24.3 Å². The molecule has 1 heterocycles. The maximum absolute atomic E-state index is 13.7. The van der Waals surface area contributed by atoms with Gasteiger partial charge in [0.1, 0.15) is 5.82 Å². The molecule has 3 rings (SSSR count). The molecule has 2 aromatic carbocycles. The monoisotopic (exact) mass is 367 g/mol. The highest BCUT2D eigenvalue weighted by molar-refractivity contribution is 7.98. The Morgan fingerprint density at radius 2 is 1.87 bits per heavy atom. The Balaban J connectivity index is 1.82. The highest BCUT2D eigenvalue weighted by Gasteiger charge is 2.13. The van der Waals surface area contributed by atoms with Crippen LogP contribution in [0.15, 0.2) is 47.6 Å². The van der Waals surface area contributed by atoms with Crippen molar-refractivity contribution < 1.29 is 4.39 Å². The van der Waals surface area contributed by atoms with Gasteiger partial charge in [0.05, 0.1) is 10.0 Å². The van der Waals surface area contributed by atoms with Crippen LogP contribution in [0, 0.1) is 5.82 Å². The van der Waals surface area contributed by atoms with Crippen LogP contribution in [0.2, 0.25) is 10.0 Å². The van der Waals surface area contributed by atoms with Crippen LogP contribution < -0.4 is 0 Å². The van der Waals surface area contributed by atoms with Crippen LogP contribution in [-0.4, -0.2) is 14.8 Å². The predicted molar refractivity (Wildman–Crippen MR) is 92.4 cm³/mol. The van der Waals surface area contributed by atoms with Crippen LogP contribution in [0.25, 0.3) is 11.4 Å². The van der Waals surface area contributed by atoms with Gasteiger partial charge < -0.3 is 4.57 Å². The van der Waals surface area contributed by atoms with Gasteiger partial charge in [-0.2, -0.15) is 0 Å². The fourth-order valence-corrected chi connectivity index (χ4v) is 3.28. The van der Waals surface area contributed by atoms with Crippen molar-refractivity contribution in [2.75, 3.05) is 0 Å². The molecule has 1 aromatic heterocycles. The Hall–Kier alpha value is -1.56. The molecule has 0 aliphatic rings. The molecule has 0 spiro atoms. The SMILES string of the molecule is Cn1c(SCc2ccccc2F)nnc1-c1ccc(Cl)c(Cl)c1. The Bertz CT molecular complexity index is 851. The fraction of sp³-hybridized carbons (Fsp3) is 0.125. The lowest BCUT2D eigenvalue weighted by atomic mass is 10.2. The van der Waals surface area contributed by atoms with Crippen molar-refractivity contribution in [1.82, 2.24) is 14.8 Å². The molecule has 23 heavy (non-hydrogen) atoms. The second-order valence-electron chi connectivity index (χ2n) is 4.87. The van der Waals surface area contributed by atoms with Gasteiger partial charge in [0.2, 0.25) is 0 Å². The predicted octanol–water partition coefficient (Wildman–Crippen LogP) is 5.22. The van der Waals surface area contributed by atoms with Crippen LogP contribution in [0.4, 0.5) is 4.39 Å². The quantitative estimate of drug-likeness (QED) is 0.592. The maximum atomic E-state index is 13.7. The first kappa shape index (κ1) is 16.3. The van der Waals surface area contributed by atoms with E-state index < -0.39 is 0 Å². The Morgan fingerprint density at radius 1 is 1.09 bits per heavy atom. The number of nitrogens with zero attached hydrogens (tertiary/aromatic N) is 3. The van der Waals surface area contributed by atoms with E-state index in [1.165, 1.54) is 17.8 Å². The van der Waals surface area contributed by atoms with Crippen molar-refractivity contribution in [3.8, 4) is 11.4 Å². The zero-order valence-corrected chi connectivity index (χ0v) is 14.5. The number of hydrogen-bond donors (Lipinski definition) is 0. The molecule has 0 saturated heterocycles. The summed E-state index contributed by atoms with van der Waals surface area (Å²) < 4.78 is 15.5. The molecule has 0 bridgehead atoms. The third kappa shape index (κ3) is 3.52. The third-order valence-corrected chi connectivity index (χ3v) is 5.14. The molecular weight excluding hydrogens is 356 g/mol. The molecule has 0 radical (unpaired) electrons. The van der Waals surface area contributed by atoms with Gasteiger partial charge in [-0.1, -0.05) is 53.2 Å². The van der Waals surface area contributed by atoms with E-state index in [0.29, 0.717) is 32.3 Å². The molecule has 0 N–H and O–H groups in total. The normalized spacial score (nSPS) is 11.0. The van der Waals surface area contributed by atoms with Gasteiger partial charge in [-0.3, -0.25) is 0 Å². The van der Waals surface area contributed by atoms with Crippen LogP contribution >= 0.6 is 35.0 Å². The first-order chi connectivity index (χ1) is 11.1. The summed E-state index contributed by atoms with van der Waals surface area (Å²) in [7, 11) is 1.86. The van der Waals surface area contributed by atoms with Crippen molar-refractivity contribution in [3.63, 3.8) is 0 Å².